The van der Waals surface area contributed by atoms with Crippen molar-refractivity contribution in [2.45, 2.75) is 32.4 Å². The van der Waals surface area contributed by atoms with E-state index < -0.39 is 28.5 Å². The van der Waals surface area contributed by atoms with Gasteiger partial charge in [-0.1, -0.05) is 49.4 Å². The summed E-state index contributed by atoms with van der Waals surface area (Å²) < 4.78 is 43.3. The lowest BCUT2D eigenvalue weighted by Crippen LogP contribution is -2.53. The number of rotatable bonds is 15. The molecule has 0 saturated carbocycles. The van der Waals surface area contributed by atoms with Gasteiger partial charge in [-0.15, -0.1) is 0 Å². The molecule has 10 nitrogen and oxygen atoms in total. The Balaban J connectivity index is 2.11. The number of benzene rings is 3. The van der Waals surface area contributed by atoms with Gasteiger partial charge in [0.1, 0.15) is 29.8 Å². The Kier molecular flexibility index (Phi) is 11.6. The maximum Gasteiger partial charge on any atom is 0.244 e. The molecule has 0 aromatic heterocycles. The van der Waals surface area contributed by atoms with Crippen molar-refractivity contribution in [3.8, 4) is 17.2 Å². The monoisotopic (exact) mass is 597 g/mol. The van der Waals surface area contributed by atoms with Crippen molar-refractivity contribution < 1.29 is 32.2 Å². The molecule has 3 aromatic rings. The smallest absolute Gasteiger partial charge is 0.244 e. The van der Waals surface area contributed by atoms with Crippen molar-refractivity contribution in [2.24, 2.45) is 0 Å². The molecule has 42 heavy (non-hydrogen) atoms. The Morgan fingerprint density at radius 2 is 1.52 bits per heavy atom. The molecule has 11 heteroatoms. The van der Waals surface area contributed by atoms with E-state index in [9.17, 15) is 18.0 Å². The summed E-state index contributed by atoms with van der Waals surface area (Å²) >= 11 is 0. The minimum atomic E-state index is -3.98. The molecule has 226 valence electrons. The summed E-state index contributed by atoms with van der Waals surface area (Å²) in [5, 5.41) is 2.92. The lowest BCUT2D eigenvalue weighted by molar-refractivity contribution is -0.140. The zero-order valence-electron chi connectivity index (χ0n) is 24.7. The third kappa shape index (κ3) is 8.62. The molecule has 0 fully saturated rings. The van der Waals surface area contributed by atoms with Gasteiger partial charge >= 0.3 is 0 Å². The summed E-state index contributed by atoms with van der Waals surface area (Å²) in [6, 6.07) is 20.3. The van der Waals surface area contributed by atoms with Gasteiger partial charge in [-0.3, -0.25) is 13.9 Å². The third-order valence-corrected chi connectivity index (χ3v) is 7.77. The number of carbonyl (C=O) groups is 2. The van der Waals surface area contributed by atoms with Crippen LogP contribution >= 0.6 is 0 Å². The van der Waals surface area contributed by atoms with Crippen LogP contribution in [0.2, 0.25) is 0 Å². The van der Waals surface area contributed by atoms with Gasteiger partial charge in [0.05, 0.1) is 33.3 Å². The quantitative estimate of drug-likeness (QED) is 0.285. The highest BCUT2D eigenvalue weighted by Gasteiger charge is 2.33. The second-order valence-corrected chi connectivity index (χ2v) is 11.6. The van der Waals surface area contributed by atoms with Gasteiger partial charge in [0.15, 0.2) is 0 Å². The third-order valence-electron chi connectivity index (χ3n) is 6.64. The molecule has 0 aliphatic heterocycles. The van der Waals surface area contributed by atoms with Crippen LogP contribution < -0.4 is 23.8 Å². The topological polar surface area (TPSA) is 114 Å². The van der Waals surface area contributed by atoms with Crippen LogP contribution in [0.1, 0.15) is 24.5 Å². The van der Waals surface area contributed by atoms with E-state index in [-0.39, 0.29) is 30.3 Å². The number of carbonyl (C=O) groups excluding carboxylic acids is 2. The average molecular weight is 598 g/mol. The predicted octanol–water partition coefficient (Wildman–Crippen LogP) is 3.64. The zero-order valence-corrected chi connectivity index (χ0v) is 25.5. The molecule has 1 unspecified atom stereocenters. The van der Waals surface area contributed by atoms with Crippen molar-refractivity contribution >= 4 is 27.5 Å². The van der Waals surface area contributed by atoms with E-state index in [1.165, 1.54) is 25.2 Å². The van der Waals surface area contributed by atoms with Crippen LogP contribution in [0.3, 0.4) is 0 Å². The number of methoxy groups -OCH3 is 3. The Morgan fingerprint density at radius 3 is 2.14 bits per heavy atom. The van der Waals surface area contributed by atoms with E-state index in [0.717, 1.165) is 16.1 Å². The first kappa shape index (κ1) is 32.3. The first-order valence-corrected chi connectivity index (χ1v) is 15.4. The molecule has 1 atom stereocenters. The molecule has 0 aliphatic carbocycles. The summed E-state index contributed by atoms with van der Waals surface area (Å²) in [5.74, 6) is 0.326. The minimum Gasteiger partial charge on any atom is -0.497 e. The predicted molar refractivity (Wildman–Crippen MR) is 163 cm³/mol. The van der Waals surface area contributed by atoms with Gasteiger partial charge in [0.25, 0.3) is 0 Å². The molecule has 0 spiro atoms. The number of hydrogen-bond acceptors (Lipinski definition) is 7. The van der Waals surface area contributed by atoms with E-state index in [4.69, 9.17) is 14.2 Å². The van der Waals surface area contributed by atoms with E-state index >= 15 is 0 Å². The van der Waals surface area contributed by atoms with Gasteiger partial charge in [-0.25, -0.2) is 8.42 Å². The van der Waals surface area contributed by atoms with Crippen molar-refractivity contribution in [2.75, 3.05) is 45.0 Å². The summed E-state index contributed by atoms with van der Waals surface area (Å²) in [7, 11) is 0.441. The normalized spacial score (nSPS) is 11.7. The summed E-state index contributed by atoms with van der Waals surface area (Å²) in [6.07, 6.45) is 1.96. The molecule has 0 radical (unpaired) electrons. The molecule has 0 heterocycles. The van der Waals surface area contributed by atoms with Gasteiger partial charge in [-0.2, -0.15) is 0 Å². The maximum atomic E-state index is 14.2. The molecular weight excluding hydrogens is 558 g/mol. The van der Waals surface area contributed by atoms with E-state index in [0.29, 0.717) is 30.0 Å². The number of nitrogens with zero attached hydrogens (tertiary/aromatic N) is 2. The Hall–Kier alpha value is -4.25. The lowest BCUT2D eigenvalue weighted by Gasteiger charge is -2.33. The standard InChI is InChI=1S/C31H39N3O7S/c1-6-17-32-31(36)28(19-23-11-8-7-9-12-23)33(21-24-13-10-14-25(18-24)39-2)30(35)22-34(42(5,37)38)27-20-26(40-3)15-16-29(27)41-4/h7-16,18,20,28H,6,17,19,21-22H2,1-5H3,(H,32,36). The lowest BCUT2D eigenvalue weighted by atomic mass is 10.0. The summed E-state index contributed by atoms with van der Waals surface area (Å²) in [5.41, 5.74) is 1.71. The first-order valence-electron chi connectivity index (χ1n) is 13.5. The van der Waals surface area contributed by atoms with Crippen LogP contribution in [-0.4, -0.2) is 71.8 Å². The molecule has 0 bridgehead atoms. The van der Waals surface area contributed by atoms with Crippen molar-refractivity contribution in [3.63, 3.8) is 0 Å². The van der Waals surface area contributed by atoms with Crippen molar-refractivity contribution in [1.82, 2.24) is 10.2 Å². The van der Waals surface area contributed by atoms with Crippen LogP contribution in [0.15, 0.2) is 72.8 Å². The molecule has 0 aliphatic rings. The fourth-order valence-corrected chi connectivity index (χ4v) is 5.32. The van der Waals surface area contributed by atoms with Crippen LogP contribution in [0.5, 0.6) is 17.2 Å². The molecule has 3 aromatic carbocycles. The van der Waals surface area contributed by atoms with E-state index in [1.54, 1.807) is 37.4 Å². The maximum absolute atomic E-state index is 14.2. The van der Waals surface area contributed by atoms with Crippen LogP contribution in [0, 0.1) is 0 Å². The molecule has 3 rings (SSSR count). The Labute approximate surface area is 248 Å². The highest BCUT2D eigenvalue weighted by atomic mass is 32.2. The fourth-order valence-electron chi connectivity index (χ4n) is 4.47. The van der Waals surface area contributed by atoms with Gasteiger partial charge < -0.3 is 24.4 Å². The second-order valence-electron chi connectivity index (χ2n) is 9.68. The molecule has 2 amide bonds. The van der Waals surface area contributed by atoms with Crippen molar-refractivity contribution in [1.29, 1.82) is 0 Å². The number of ether oxygens (including phenoxy) is 3. The number of amides is 2. The molecule has 0 saturated heterocycles. The van der Waals surface area contributed by atoms with Gasteiger partial charge in [0.2, 0.25) is 21.8 Å². The first-order chi connectivity index (χ1) is 20.1. The summed E-state index contributed by atoms with van der Waals surface area (Å²) in [4.78, 5) is 29.3. The van der Waals surface area contributed by atoms with Gasteiger partial charge in [0, 0.05) is 25.6 Å². The Morgan fingerprint density at radius 1 is 0.857 bits per heavy atom. The number of sulfonamides is 1. The minimum absolute atomic E-state index is 0.0416. The Bertz CT molecular complexity index is 1450. The number of hydrogen-bond donors (Lipinski definition) is 1. The summed E-state index contributed by atoms with van der Waals surface area (Å²) in [6.45, 7) is 1.84. The zero-order chi connectivity index (χ0) is 30.7. The average Bonchev–Trinajstić information content (AvgIpc) is 2.99. The second kappa shape index (κ2) is 15.1. The molecular formula is C31H39N3O7S. The van der Waals surface area contributed by atoms with E-state index in [2.05, 4.69) is 5.32 Å². The van der Waals surface area contributed by atoms with Crippen LogP contribution in [-0.2, 0) is 32.6 Å². The van der Waals surface area contributed by atoms with E-state index in [1.807, 2.05) is 43.3 Å². The van der Waals surface area contributed by atoms with Crippen molar-refractivity contribution in [3.05, 3.63) is 83.9 Å². The van der Waals surface area contributed by atoms with Crippen LogP contribution in [0.4, 0.5) is 5.69 Å². The molecule has 1 N–H and O–H groups in total. The highest BCUT2D eigenvalue weighted by molar-refractivity contribution is 7.92. The largest absolute Gasteiger partial charge is 0.497 e. The highest BCUT2D eigenvalue weighted by Crippen LogP contribution is 2.34. The van der Waals surface area contributed by atoms with Crippen LogP contribution in [0.25, 0.3) is 0 Å². The number of anilines is 1. The number of nitrogens with one attached hydrogen (secondary N) is 1. The van der Waals surface area contributed by atoms with Gasteiger partial charge in [-0.05, 0) is 41.8 Å². The fraction of sp³-hybridized carbons (Fsp3) is 0.355. The SMILES string of the molecule is CCCNC(=O)C(Cc1ccccc1)N(Cc1cccc(OC)c1)C(=O)CN(c1cc(OC)ccc1OC)S(C)(=O)=O.